The zero-order chi connectivity index (χ0) is 20.1. The molecule has 1 saturated heterocycles. The number of hydrogen-bond acceptors (Lipinski definition) is 6. The van der Waals surface area contributed by atoms with Crippen molar-refractivity contribution in [2.45, 2.75) is 30.3 Å². The second-order valence-electron chi connectivity index (χ2n) is 6.84. The molecule has 0 unspecified atom stereocenters. The Kier molecular flexibility index (Phi) is 6.15. The number of pyridine rings is 1. The van der Waals surface area contributed by atoms with Gasteiger partial charge in [-0.1, -0.05) is 6.07 Å². The maximum absolute atomic E-state index is 11.5. The quantitative estimate of drug-likeness (QED) is 0.397. The van der Waals surface area contributed by atoms with E-state index in [1.165, 1.54) is 18.4 Å². The molecule has 3 rings (SSSR count). The summed E-state index contributed by atoms with van der Waals surface area (Å²) in [7, 11) is -3.21. The summed E-state index contributed by atoms with van der Waals surface area (Å²) in [5, 5.41) is 16.4. The number of hydrogen-bond donors (Lipinski definition) is 3. The van der Waals surface area contributed by atoms with Crippen LogP contribution >= 0.6 is 0 Å². The molecule has 1 aliphatic heterocycles. The Labute approximate surface area is 164 Å². The number of ether oxygens (including phenoxy) is 1. The molecule has 2 aromatic rings. The third kappa shape index (κ3) is 4.99. The van der Waals surface area contributed by atoms with Crippen LogP contribution in [0, 0.1) is 5.41 Å². The van der Waals surface area contributed by atoms with E-state index in [2.05, 4.69) is 4.98 Å². The van der Waals surface area contributed by atoms with E-state index in [-0.39, 0.29) is 10.9 Å². The zero-order valence-corrected chi connectivity index (χ0v) is 16.4. The fourth-order valence-corrected chi connectivity index (χ4v) is 3.84. The van der Waals surface area contributed by atoms with Gasteiger partial charge in [0.25, 0.3) is 0 Å². The fourth-order valence-electron chi connectivity index (χ4n) is 3.21. The summed E-state index contributed by atoms with van der Waals surface area (Å²) in [4.78, 5) is 6.54. The maximum atomic E-state index is 11.5. The Balaban J connectivity index is 1.53. The molecule has 0 radical (unpaired) electrons. The van der Waals surface area contributed by atoms with Gasteiger partial charge in [0.05, 0.1) is 10.6 Å². The summed E-state index contributed by atoms with van der Waals surface area (Å²) in [5.41, 5.74) is 3.84. The van der Waals surface area contributed by atoms with E-state index in [1.807, 2.05) is 23.8 Å². The van der Waals surface area contributed by atoms with Crippen molar-refractivity contribution in [3.05, 3.63) is 53.9 Å². The molecule has 8 nitrogen and oxygen atoms in total. The molecular formula is C19H24N4O4S. The van der Waals surface area contributed by atoms with E-state index in [0.717, 1.165) is 24.1 Å². The van der Waals surface area contributed by atoms with Crippen LogP contribution in [0.4, 0.5) is 0 Å². The second-order valence-corrected chi connectivity index (χ2v) is 8.85. The predicted octanol–water partition coefficient (Wildman–Crippen LogP) is 2.16. The molecule has 1 fully saturated rings. The molecule has 0 amide bonds. The van der Waals surface area contributed by atoms with Crippen LogP contribution in [-0.4, -0.2) is 48.8 Å². The Morgan fingerprint density at radius 3 is 2.46 bits per heavy atom. The molecule has 1 aliphatic rings. The van der Waals surface area contributed by atoms with Crippen molar-refractivity contribution in [1.29, 1.82) is 5.41 Å². The lowest BCUT2D eigenvalue weighted by Crippen LogP contribution is -2.43. The van der Waals surface area contributed by atoms with Crippen LogP contribution in [0.1, 0.15) is 30.0 Å². The van der Waals surface area contributed by atoms with Gasteiger partial charge in [-0.05, 0) is 54.7 Å². The van der Waals surface area contributed by atoms with E-state index < -0.39 is 9.84 Å². The number of benzene rings is 1. The largest absolute Gasteiger partial charge is 0.487 e. The van der Waals surface area contributed by atoms with Crippen LogP contribution in [0.5, 0.6) is 5.75 Å². The highest BCUT2D eigenvalue weighted by Gasteiger charge is 2.22. The van der Waals surface area contributed by atoms with Crippen molar-refractivity contribution < 1.29 is 18.4 Å². The molecule has 2 heterocycles. The molecule has 9 heteroatoms. The number of hydroxylamine groups is 1. The van der Waals surface area contributed by atoms with Gasteiger partial charge in [0, 0.05) is 25.5 Å². The Bertz CT molecular complexity index is 906. The number of nitrogens with zero attached hydrogens (tertiary/aromatic N) is 2. The van der Waals surface area contributed by atoms with Gasteiger partial charge in [0.1, 0.15) is 12.4 Å². The van der Waals surface area contributed by atoms with Gasteiger partial charge in [-0.3, -0.25) is 15.6 Å². The lowest BCUT2D eigenvalue weighted by Gasteiger charge is -2.32. The van der Waals surface area contributed by atoms with Gasteiger partial charge in [0.15, 0.2) is 9.84 Å². The van der Waals surface area contributed by atoms with Crippen LogP contribution in [0.25, 0.3) is 0 Å². The molecule has 0 aliphatic carbocycles. The minimum absolute atomic E-state index is 0.0358. The standard InChI is InChI=1S/C19H24N4O4S/c1-28(25,26)18-6-4-17(5-7-18)27-13-16-3-2-15(12-21-16)14-8-10-23(11-9-14)19(20)22-24/h2-7,12,14,24H,8-11,13H2,1H3,(H2,20,22). The Hall–Kier alpha value is -2.65. The minimum atomic E-state index is -3.21. The van der Waals surface area contributed by atoms with Crippen molar-refractivity contribution in [1.82, 2.24) is 15.4 Å². The third-order valence-electron chi connectivity index (χ3n) is 4.87. The SMILES string of the molecule is CS(=O)(=O)c1ccc(OCc2ccc(C3CCN(C(=N)NO)CC3)cn2)cc1. The van der Waals surface area contributed by atoms with Crippen molar-refractivity contribution >= 4 is 15.8 Å². The number of piperidine rings is 1. The summed E-state index contributed by atoms with van der Waals surface area (Å²) in [5.74, 6) is 1.01. The van der Waals surface area contributed by atoms with Crippen molar-refractivity contribution in [3.8, 4) is 5.75 Å². The zero-order valence-electron chi connectivity index (χ0n) is 15.6. The first-order valence-corrected chi connectivity index (χ1v) is 10.9. The first kappa shape index (κ1) is 20.1. The highest BCUT2D eigenvalue weighted by Crippen LogP contribution is 2.27. The topological polar surface area (TPSA) is 116 Å². The van der Waals surface area contributed by atoms with E-state index >= 15 is 0 Å². The smallest absolute Gasteiger partial charge is 0.215 e. The number of rotatable bonds is 5. The molecule has 1 aromatic heterocycles. The summed E-state index contributed by atoms with van der Waals surface area (Å²) in [6.45, 7) is 1.73. The van der Waals surface area contributed by atoms with E-state index in [1.54, 1.807) is 17.0 Å². The monoisotopic (exact) mass is 404 g/mol. The fraction of sp³-hybridized carbons (Fsp3) is 0.368. The van der Waals surface area contributed by atoms with Gasteiger partial charge in [0.2, 0.25) is 5.96 Å². The second kappa shape index (κ2) is 8.57. The lowest BCUT2D eigenvalue weighted by molar-refractivity contribution is 0.197. The van der Waals surface area contributed by atoms with Crippen molar-refractivity contribution in [3.63, 3.8) is 0 Å². The van der Waals surface area contributed by atoms with E-state index in [0.29, 0.717) is 31.4 Å². The number of aromatic nitrogens is 1. The highest BCUT2D eigenvalue weighted by molar-refractivity contribution is 7.90. The summed E-state index contributed by atoms with van der Waals surface area (Å²) >= 11 is 0. The normalized spacial score (nSPS) is 15.3. The van der Waals surface area contributed by atoms with Gasteiger partial charge in [-0.25, -0.2) is 13.9 Å². The van der Waals surface area contributed by atoms with Crippen molar-refractivity contribution in [2.75, 3.05) is 19.3 Å². The van der Waals surface area contributed by atoms with Crippen LogP contribution in [0.2, 0.25) is 0 Å². The molecule has 0 bridgehead atoms. The molecule has 3 N–H and O–H groups in total. The molecule has 0 spiro atoms. The number of nitrogens with one attached hydrogen (secondary N) is 2. The van der Waals surface area contributed by atoms with Crippen LogP contribution in [0.15, 0.2) is 47.5 Å². The molecule has 0 atom stereocenters. The van der Waals surface area contributed by atoms with Crippen molar-refractivity contribution in [2.24, 2.45) is 0 Å². The van der Waals surface area contributed by atoms with Crippen LogP contribution in [-0.2, 0) is 16.4 Å². The molecule has 28 heavy (non-hydrogen) atoms. The first-order valence-electron chi connectivity index (χ1n) is 8.98. The van der Waals surface area contributed by atoms with Gasteiger partial charge in [-0.15, -0.1) is 0 Å². The summed E-state index contributed by atoms with van der Waals surface area (Å²) in [6, 6.07) is 10.3. The van der Waals surface area contributed by atoms with E-state index in [9.17, 15) is 8.42 Å². The first-order chi connectivity index (χ1) is 13.4. The Morgan fingerprint density at radius 2 is 1.93 bits per heavy atom. The van der Waals surface area contributed by atoms with Gasteiger partial charge in [-0.2, -0.15) is 0 Å². The highest BCUT2D eigenvalue weighted by atomic mass is 32.2. The van der Waals surface area contributed by atoms with Gasteiger partial charge < -0.3 is 9.64 Å². The molecular weight excluding hydrogens is 380 g/mol. The average molecular weight is 404 g/mol. The predicted molar refractivity (Wildman–Crippen MR) is 104 cm³/mol. The number of guanidine groups is 1. The van der Waals surface area contributed by atoms with Crippen LogP contribution in [0.3, 0.4) is 0 Å². The molecule has 1 aromatic carbocycles. The van der Waals surface area contributed by atoms with E-state index in [4.69, 9.17) is 15.4 Å². The minimum Gasteiger partial charge on any atom is -0.487 e. The average Bonchev–Trinajstić information content (AvgIpc) is 2.72. The Morgan fingerprint density at radius 1 is 1.25 bits per heavy atom. The molecule has 0 saturated carbocycles. The third-order valence-corrected chi connectivity index (χ3v) is 6.00. The van der Waals surface area contributed by atoms with Crippen LogP contribution < -0.4 is 10.2 Å². The summed E-state index contributed by atoms with van der Waals surface area (Å²) in [6.07, 6.45) is 4.83. The molecule has 150 valence electrons. The maximum Gasteiger partial charge on any atom is 0.215 e. The van der Waals surface area contributed by atoms with Gasteiger partial charge >= 0.3 is 0 Å². The number of likely N-dealkylation sites (tertiary alicyclic amines) is 1. The number of sulfone groups is 1. The summed E-state index contributed by atoms with van der Waals surface area (Å²) < 4.78 is 28.6. The lowest BCUT2D eigenvalue weighted by atomic mass is 9.90.